The predicted molar refractivity (Wildman–Crippen MR) is 66.7 cm³/mol. The second-order valence-corrected chi connectivity index (χ2v) is 6.81. The van der Waals surface area contributed by atoms with E-state index in [9.17, 15) is 13.2 Å². The second-order valence-electron chi connectivity index (χ2n) is 4.82. The fourth-order valence-electron chi connectivity index (χ4n) is 2.10. The maximum absolute atomic E-state index is 11.8. The normalized spacial score (nSPS) is 21.9. The number of amides is 1. The third-order valence-electron chi connectivity index (χ3n) is 3.32. The van der Waals surface area contributed by atoms with Crippen molar-refractivity contribution in [3.63, 3.8) is 0 Å². The molecule has 0 radical (unpaired) electrons. The van der Waals surface area contributed by atoms with Gasteiger partial charge in [-0.05, 0) is 32.6 Å². The van der Waals surface area contributed by atoms with Gasteiger partial charge in [0.1, 0.15) is 0 Å². The van der Waals surface area contributed by atoms with Crippen molar-refractivity contribution in [2.45, 2.75) is 43.9 Å². The molecule has 0 atom stereocenters. The Morgan fingerprint density at radius 1 is 1.28 bits per heavy atom. The lowest BCUT2D eigenvalue weighted by atomic mass is 10.1. The molecule has 7 heteroatoms. The first-order chi connectivity index (χ1) is 8.53. The molecule has 1 N–H and O–H groups in total. The summed E-state index contributed by atoms with van der Waals surface area (Å²) in [7, 11) is -3.12. The van der Waals surface area contributed by atoms with Gasteiger partial charge in [-0.2, -0.15) is 0 Å². The summed E-state index contributed by atoms with van der Waals surface area (Å²) in [5.41, 5.74) is 0. The molecule has 1 saturated heterocycles. The molecule has 104 valence electrons. The molecule has 1 saturated carbocycles. The fraction of sp³-hybridized carbons (Fsp3) is 0.909. The lowest BCUT2D eigenvalue weighted by molar-refractivity contribution is 0.0966. The van der Waals surface area contributed by atoms with Crippen LogP contribution in [0.15, 0.2) is 0 Å². The van der Waals surface area contributed by atoms with Crippen molar-refractivity contribution in [1.29, 1.82) is 0 Å². The Hall–Kier alpha value is -0.820. The summed E-state index contributed by atoms with van der Waals surface area (Å²) in [6.07, 6.45) is 2.56. The van der Waals surface area contributed by atoms with E-state index in [1.807, 2.05) is 0 Å². The second kappa shape index (κ2) is 5.44. The summed E-state index contributed by atoms with van der Waals surface area (Å²) in [5, 5.41) is -0.180. The van der Waals surface area contributed by atoms with Crippen LogP contribution in [0, 0.1) is 0 Å². The van der Waals surface area contributed by atoms with E-state index in [0.717, 1.165) is 12.8 Å². The Bertz CT molecular complexity index is 397. The van der Waals surface area contributed by atoms with Gasteiger partial charge in [-0.1, -0.05) is 0 Å². The van der Waals surface area contributed by atoms with Gasteiger partial charge in [-0.15, -0.1) is 0 Å². The Balaban J connectivity index is 1.78. The van der Waals surface area contributed by atoms with E-state index in [1.165, 1.54) is 0 Å². The first-order valence-electron chi connectivity index (χ1n) is 6.45. The van der Waals surface area contributed by atoms with Crippen molar-refractivity contribution < 1.29 is 17.9 Å². The zero-order chi connectivity index (χ0) is 13.2. The highest BCUT2D eigenvalue weighted by atomic mass is 32.2. The molecule has 0 spiro atoms. The van der Waals surface area contributed by atoms with Crippen molar-refractivity contribution in [3.8, 4) is 0 Å². The molecule has 1 aliphatic carbocycles. The highest BCUT2D eigenvalue weighted by Crippen LogP contribution is 2.28. The summed E-state index contributed by atoms with van der Waals surface area (Å²) in [5.74, 6) is 0. The van der Waals surface area contributed by atoms with E-state index in [0.29, 0.717) is 32.5 Å². The third kappa shape index (κ3) is 3.35. The number of nitrogens with zero attached hydrogens (tertiary/aromatic N) is 1. The summed E-state index contributed by atoms with van der Waals surface area (Å²) < 4.78 is 31.2. The quantitative estimate of drug-likeness (QED) is 0.819. The molecule has 2 rings (SSSR count). The van der Waals surface area contributed by atoms with Gasteiger partial charge in [-0.25, -0.2) is 17.9 Å². The standard InChI is InChI=1S/C11H20N2O4S/c1-2-17-11(14)13-7-5-9(6-8-13)12-18(15,16)10-3-4-10/h9-10,12H,2-8H2,1H3. The van der Waals surface area contributed by atoms with Crippen molar-refractivity contribution in [2.75, 3.05) is 19.7 Å². The number of ether oxygens (including phenoxy) is 1. The van der Waals surface area contributed by atoms with E-state index in [1.54, 1.807) is 11.8 Å². The van der Waals surface area contributed by atoms with Gasteiger partial charge in [0, 0.05) is 19.1 Å². The van der Waals surface area contributed by atoms with Crippen molar-refractivity contribution in [1.82, 2.24) is 9.62 Å². The van der Waals surface area contributed by atoms with Crippen LogP contribution in [-0.4, -0.2) is 50.4 Å². The van der Waals surface area contributed by atoms with E-state index < -0.39 is 10.0 Å². The van der Waals surface area contributed by atoms with Crippen LogP contribution in [0.25, 0.3) is 0 Å². The molecule has 0 bridgehead atoms. The molecule has 0 aromatic heterocycles. The van der Waals surface area contributed by atoms with Crippen LogP contribution in [0.3, 0.4) is 0 Å². The zero-order valence-corrected chi connectivity index (χ0v) is 11.4. The number of hydrogen-bond donors (Lipinski definition) is 1. The van der Waals surface area contributed by atoms with E-state index in [-0.39, 0.29) is 17.4 Å². The molecule has 0 unspecified atom stereocenters. The maximum Gasteiger partial charge on any atom is 0.409 e. The number of rotatable bonds is 4. The maximum atomic E-state index is 11.8. The molecule has 1 amide bonds. The number of nitrogens with one attached hydrogen (secondary N) is 1. The zero-order valence-electron chi connectivity index (χ0n) is 10.6. The molecular formula is C11H20N2O4S. The summed E-state index contributed by atoms with van der Waals surface area (Å²) >= 11 is 0. The monoisotopic (exact) mass is 276 g/mol. The minimum absolute atomic E-state index is 0.0405. The Kier molecular flexibility index (Phi) is 4.11. The number of carbonyl (C=O) groups excluding carboxylic acids is 1. The minimum atomic E-state index is -3.12. The average molecular weight is 276 g/mol. The number of piperidine rings is 1. The van der Waals surface area contributed by atoms with Gasteiger partial charge < -0.3 is 9.64 Å². The molecule has 0 aromatic carbocycles. The molecule has 6 nitrogen and oxygen atoms in total. The van der Waals surface area contributed by atoms with Gasteiger partial charge in [0.2, 0.25) is 10.0 Å². The van der Waals surface area contributed by atoms with Crippen molar-refractivity contribution in [3.05, 3.63) is 0 Å². The van der Waals surface area contributed by atoms with Crippen molar-refractivity contribution >= 4 is 16.1 Å². The van der Waals surface area contributed by atoms with Crippen molar-refractivity contribution in [2.24, 2.45) is 0 Å². The Morgan fingerprint density at radius 3 is 2.39 bits per heavy atom. The molecule has 2 fully saturated rings. The van der Waals surface area contributed by atoms with Crippen LogP contribution in [-0.2, 0) is 14.8 Å². The smallest absolute Gasteiger partial charge is 0.409 e. The average Bonchev–Trinajstić information content (AvgIpc) is 3.13. The third-order valence-corrected chi connectivity index (χ3v) is 5.33. The van der Waals surface area contributed by atoms with Gasteiger partial charge in [0.05, 0.1) is 11.9 Å². The summed E-state index contributed by atoms with van der Waals surface area (Å²) in [6, 6.07) is -0.0405. The minimum Gasteiger partial charge on any atom is -0.450 e. The summed E-state index contributed by atoms with van der Waals surface area (Å²) in [6.45, 7) is 3.24. The van der Waals surface area contributed by atoms with Crippen LogP contribution in [0.4, 0.5) is 4.79 Å². The molecule has 18 heavy (non-hydrogen) atoms. The highest BCUT2D eigenvalue weighted by Gasteiger charge is 2.37. The molecule has 1 aliphatic heterocycles. The number of likely N-dealkylation sites (tertiary alicyclic amines) is 1. The van der Waals surface area contributed by atoms with E-state index >= 15 is 0 Å². The Morgan fingerprint density at radius 2 is 1.89 bits per heavy atom. The van der Waals surface area contributed by atoms with Gasteiger partial charge in [0.25, 0.3) is 0 Å². The van der Waals surface area contributed by atoms with Gasteiger partial charge in [-0.3, -0.25) is 0 Å². The fourth-order valence-corrected chi connectivity index (χ4v) is 3.75. The predicted octanol–water partition coefficient (Wildman–Crippen LogP) is 0.689. The van der Waals surface area contributed by atoms with Crippen LogP contribution in [0.5, 0.6) is 0 Å². The summed E-state index contributed by atoms with van der Waals surface area (Å²) in [4.78, 5) is 13.1. The topological polar surface area (TPSA) is 75.7 Å². The van der Waals surface area contributed by atoms with E-state index in [4.69, 9.17) is 4.74 Å². The lowest BCUT2D eigenvalue weighted by Crippen LogP contribution is -2.47. The highest BCUT2D eigenvalue weighted by molar-refractivity contribution is 7.90. The lowest BCUT2D eigenvalue weighted by Gasteiger charge is -2.31. The van der Waals surface area contributed by atoms with Crippen LogP contribution < -0.4 is 4.72 Å². The molecule has 1 heterocycles. The van der Waals surface area contributed by atoms with Crippen LogP contribution in [0.2, 0.25) is 0 Å². The first kappa shape index (κ1) is 13.6. The molecule has 2 aliphatic rings. The SMILES string of the molecule is CCOC(=O)N1CCC(NS(=O)(=O)C2CC2)CC1. The van der Waals surface area contributed by atoms with Crippen LogP contribution >= 0.6 is 0 Å². The molecular weight excluding hydrogens is 256 g/mol. The number of hydrogen-bond acceptors (Lipinski definition) is 4. The van der Waals surface area contributed by atoms with Gasteiger partial charge >= 0.3 is 6.09 Å². The van der Waals surface area contributed by atoms with Gasteiger partial charge in [0.15, 0.2) is 0 Å². The van der Waals surface area contributed by atoms with E-state index in [2.05, 4.69) is 4.72 Å². The largest absolute Gasteiger partial charge is 0.450 e. The first-order valence-corrected chi connectivity index (χ1v) is 8.00. The van der Waals surface area contributed by atoms with Crippen LogP contribution in [0.1, 0.15) is 32.6 Å². The number of sulfonamides is 1. The Labute approximate surface area is 108 Å². The number of carbonyl (C=O) groups is 1. The molecule has 0 aromatic rings.